The molecule has 0 saturated carbocycles. The molecule has 146 valence electrons. The van der Waals surface area contributed by atoms with Gasteiger partial charge in [-0.15, -0.1) is 0 Å². The van der Waals surface area contributed by atoms with Crippen LogP contribution in [0.25, 0.3) is 0 Å². The zero-order chi connectivity index (χ0) is 20.0. The fourth-order valence-corrected chi connectivity index (χ4v) is 3.49. The maximum atomic E-state index is 12.3. The van der Waals surface area contributed by atoms with Crippen LogP contribution in [0, 0.1) is 0 Å². The van der Waals surface area contributed by atoms with Crippen molar-refractivity contribution in [2.75, 3.05) is 14.2 Å². The summed E-state index contributed by atoms with van der Waals surface area (Å²) in [6.07, 6.45) is 1.36. The lowest BCUT2D eigenvalue weighted by Crippen LogP contribution is -2.18. The van der Waals surface area contributed by atoms with Crippen molar-refractivity contribution in [1.29, 1.82) is 0 Å². The quantitative estimate of drug-likeness (QED) is 0.484. The van der Waals surface area contributed by atoms with Gasteiger partial charge in [0.15, 0.2) is 11.5 Å². The molecule has 7 nitrogen and oxygen atoms in total. The summed E-state index contributed by atoms with van der Waals surface area (Å²) in [5.74, 6) is 1.65. The van der Waals surface area contributed by atoms with Crippen molar-refractivity contribution in [1.82, 2.24) is 4.83 Å². The number of nitrogens with zero attached hydrogens (tertiary/aromatic N) is 1. The minimum Gasteiger partial charge on any atom is -0.497 e. The topological polar surface area (TPSA) is 86.2 Å². The number of ether oxygens (including phenoxy) is 3. The highest BCUT2D eigenvalue weighted by molar-refractivity contribution is 9.10. The van der Waals surface area contributed by atoms with Crippen LogP contribution in [-0.4, -0.2) is 35.0 Å². The molecule has 0 amide bonds. The molecule has 1 N–H and O–H groups in total. The van der Waals surface area contributed by atoms with Crippen LogP contribution in [0.5, 0.6) is 17.2 Å². The summed E-state index contributed by atoms with van der Waals surface area (Å²) in [7, 11) is -0.737. The monoisotopic (exact) mass is 456 g/mol. The Labute approximate surface area is 167 Å². The lowest BCUT2D eigenvalue weighted by Gasteiger charge is -2.15. The second-order valence-corrected chi connectivity index (χ2v) is 8.24. The highest BCUT2D eigenvalue weighted by Crippen LogP contribution is 2.37. The number of nitrogens with one attached hydrogen (secondary N) is 1. The van der Waals surface area contributed by atoms with Gasteiger partial charge < -0.3 is 14.2 Å². The zero-order valence-corrected chi connectivity index (χ0v) is 17.8. The molecule has 0 fully saturated rings. The molecule has 2 aromatic carbocycles. The molecular formula is C18H21BrN2O5S. The van der Waals surface area contributed by atoms with Crippen molar-refractivity contribution in [3.05, 3.63) is 46.4 Å². The van der Waals surface area contributed by atoms with Gasteiger partial charge in [0.1, 0.15) is 5.75 Å². The normalized spacial score (nSPS) is 11.6. The van der Waals surface area contributed by atoms with Crippen molar-refractivity contribution in [2.45, 2.75) is 24.8 Å². The standard InChI is InChI=1S/C18H21BrN2O5S/c1-12(2)26-18-16(19)9-13(10-17(18)25-4)11-20-21-27(22,23)15-7-5-14(24-3)6-8-15/h5-12,21H,1-4H3. The van der Waals surface area contributed by atoms with Gasteiger partial charge in [-0.1, -0.05) is 0 Å². The summed E-state index contributed by atoms with van der Waals surface area (Å²) in [6.45, 7) is 3.82. The van der Waals surface area contributed by atoms with Gasteiger partial charge in [0.25, 0.3) is 10.0 Å². The van der Waals surface area contributed by atoms with E-state index in [1.54, 1.807) is 24.3 Å². The van der Waals surface area contributed by atoms with E-state index in [1.165, 1.54) is 32.6 Å². The number of halogens is 1. The van der Waals surface area contributed by atoms with Crippen molar-refractivity contribution >= 4 is 32.2 Å². The van der Waals surface area contributed by atoms with Crippen LogP contribution in [0.1, 0.15) is 19.4 Å². The van der Waals surface area contributed by atoms with Crippen molar-refractivity contribution in [2.24, 2.45) is 5.10 Å². The molecule has 0 aromatic heterocycles. The van der Waals surface area contributed by atoms with Gasteiger partial charge in [-0.3, -0.25) is 0 Å². The average molecular weight is 457 g/mol. The third kappa shape index (κ3) is 5.61. The van der Waals surface area contributed by atoms with E-state index in [4.69, 9.17) is 14.2 Å². The molecule has 0 radical (unpaired) electrons. The number of hydrogen-bond acceptors (Lipinski definition) is 6. The van der Waals surface area contributed by atoms with Crippen LogP contribution >= 0.6 is 15.9 Å². The number of methoxy groups -OCH3 is 2. The third-order valence-corrected chi connectivity index (χ3v) is 5.19. The van der Waals surface area contributed by atoms with Gasteiger partial charge in [0.05, 0.1) is 35.9 Å². The molecule has 0 bridgehead atoms. The Morgan fingerprint density at radius 1 is 1.11 bits per heavy atom. The number of hydrogen-bond donors (Lipinski definition) is 1. The van der Waals surface area contributed by atoms with Crippen LogP contribution in [0.15, 0.2) is 50.9 Å². The van der Waals surface area contributed by atoms with Gasteiger partial charge in [-0.25, -0.2) is 4.83 Å². The van der Waals surface area contributed by atoms with Crippen molar-refractivity contribution < 1.29 is 22.6 Å². The summed E-state index contributed by atoms with van der Waals surface area (Å²) in [5.41, 5.74) is 0.632. The summed E-state index contributed by atoms with van der Waals surface area (Å²) >= 11 is 3.43. The maximum absolute atomic E-state index is 12.3. The Bertz CT molecular complexity index is 912. The molecule has 0 aliphatic rings. The fraction of sp³-hybridized carbons (Fsp3) is 0.278. The summed E-state index contributed by atoms with van der Waals surface area (Å²) in [6, 6.07) is 9.46. The average Bonchev–Trinajstić information content (AvgIpc) is 2.63. The minimum absolute atomic E-state index is 0.0222. The van der Waals surface area contributed by atoms with E-state index in [9.17, 15) is 8.42 Å². The largest absolute Gasteiger partial charge is 0.497 e. The highest BCUT2D eigenvalue weighted by atomic mass is 79.9. The van der Waals surface area contributed by atoms with Gasteiger partial charge in [-0.2, -0.15) is 13.5 Å². The fourth-order valence-electron chi connectivity index (χ4n) is 2.14. The van der Waals surface area contributed by atoms with Crippen LogP contribution in [0.2, 0.25) is 0 Å². The molecular weight excluding hydrogens is 436 g/mol. The molecule has 9 heteroatoms. The van der Waals surface area contributed by atoms with E-state index in [1.807, 2.05) is 13.8 Å². The van der Waals surface area contributed by atoms with E-state index in [0.29, 0.717) is 27.3 Å². The Morgan fingerprint density at radius 3 is 2.33 bits per heavy atom. The second kappa shape index (κ2) is 9.09. The number of benzene rings is 2. The Morgan fingerprint density at radius 2 is 1.78 bits per heavy atom. The number of rotatable bonds is 8. The molecule has 0 unspecified atom stereocenters. The molecule has 0 heterocycles. The summed E-state index contributed by atoms with van der Waals surface area (Å²) in [4.78, 5) is 2.26. The van der Waals surface area contributed by atoms with E-state index in [-0.39, 0.29) is 11.0 Å². The van der Waals surface area contributed by atoms with Gasteiger partial charge >= 0.3 is 0 Å². The molecule has 0 aliphatic heterocycles. The molecule has 2 rings (SSSR count). The van der Waals surface area contributed by atoms with Gasteiger partial charge in [-0.05, 0) is 71.7 Å². The minimum atomic E-state index is -3.78. The van der Waals surface area contributed by atoms with Gasteiger partial charge in [0.2, 0.25) is 0 Å². The van der Waals surface area contributed by atoms with Crippen LogP contribution < -0.4 is 19.0 Å². The lowest BCUT2D eigenvalue weighted by atomic mass is 10.2. The first kappa shape index (κ1) is 21.0. The first-order valence-electron chi connectivity index (χ1n) is 8.00. The third-order valence-electron chi connectivity index (χ3n) is 3.36. The van der Waals surface area contributed by atoms with Crippen LogP contribution in [0.3, 0.4) is 0 Å². The van der Waals surface area contributed by atoms with E-state index in [2.05, 4.69) is 25.9 Å². The Kier molecular flexibility index (Phi) is 7.09. The molecule has 0 saturated heterocycles. The summed E-state index contributed by atoms with van der Waals surface area (Å²) in [5, 5.41) is 3.83. The van der Waals surface area contributed by atoms with Crippen molar-refractivity contribution in [3.63, 3.8) is 0 Å². The maximum Gasteiger partial charge on any atom is 0.276 e. The predicted molar refractivity (Wildman–Crippen MR) is 107 cm³/mol. The zero-order valence-electron chi connectivity index (χ0n) is 15.4. The molecule has 27 heavy (non-hydrogen) atoms. The lowest BCUT2D eigenvalue weighted by molar-refractivity contribution is 0.228. The number of sulfonamides is 1. The smallest absolute Gasteiger partial charge is 0.276 e. The van der Waals surface area contributed by atoms with Crippen molar-refractivity contribution in [3.8, 4) is 17.2 Å². The van der Waals surface area contributed by atoms with Crippen LogP contribution in [-0.2, 0) is 10.0 Å². The molecule has 2 aromatic rings. The Hall–Kier alpha value is -2.26. The van der Waals surface area contributed by atoms with Gasteiger partial charge in [0, 0.05) is 0 Å². The first-order chi connectivity index (χ1) is 12.8. The molecule has 0 aliphatic carbocycles. The highest BCUT2D eigenvalue weighted by Gasteiger charge is 2.14. The van der Waals surface area contributed by atoms with E-state index >= 15 is 0 Å². The molecule has 0 atom stereocenters. The molecule has 0 spiro atoms. The first-order valence-corrected chi connectivity index (χ1v) is 10.3. The Balaban J connectivity index is 2.18. The van der Waals surface area contributed by atoms with E-state index < -0.39 is 10.0 Å². The predicted octanol–water partition coefficient (Wildman–Crippen LogP) is 3.57. The summed E-state index contributed by atoms with van der Waals surface area (Å²) < 4.78 is 41.3. The van der Waals surface area contributed by atoms with E-state index in [0.717, 1.165) is 0 Å². The van der Waals surface area contributed by atoms with Crippen LogP contribution in [0.4, 0.5) is 0 Å². The second-order valence-electron chi connectivity index (χ2n) is 5.73. The SMILES string of the molecule is COc1ccc(S(=O)(=O)NN=Cc2cc(Br)c(OC(C)C)c(OC)c2)cc1. The number of hydrazone groups is 1.